The second-order valence-electron chi connectivity index (χ2n) is 5.96. The summed E-state index contributed by atoms with van der Waals surface area (Å²) in [5.74, 6) is 1.89. The Morgan fingerprint density at radius 3 is 1.45 bits per heavy atom. The summed E-state index contributed by atoms with van der Waals surface area (Å²) in [6.07, 6.45) is 2.25. The van der Waals surface area contributed by atoms with Crippen LogP contribution >= 0.6 is 0 Å². The molecule has 20 heavy (non-hydrogen) atoms. The molecule has 0 aliphatic carbocycles. The van der Waals surface area contributed by atoms with Crippen LogP contribution in [0.15, 0.2) is 0 Å². The van der Waals surface area contributed by atoms with E-state index >= 15 is 0 Å². The van der Waals surface area contributed by atoms with E-state index in [0.717, 1.165) is 50.5 Å². The molecule has 0 N–H and O–H groups in total. The van der Waals surface area contributed by atoms with E-state index in [1.807, 2.05) is 0 Å². The fourth-order valence-electron chi connectivity index (χ4n) is 3.59. The molecule has 2 aliphatic heterocycles. The van der Waals surface area contributed by atoms with Crippen molar-refractivity contribution >= 4 is 0 Å². The predicted octanol–water partition coefficient (Wildman–Crippen LogP) is 1.68. The van der Waals surface area contributed by atoms with Gasteiger partial charge in [0.05, 0.1) is 14.2 Å². The summed E-state index contributed by atoms with van der Waals surface area (Å²) in [6, 6.07) is 0. The summed E-state index contributed by atoms with van der Waals surface area (Å²) in [7, 11) is 7.85. The Labute approximate surface area is 121 Å². The van der Waals surface area contributed by atoms with Gasteiger partial charge in [-0.05, 0) is 38.1 Å². The van der Waals surface area contributed by atoms with Crippen molar-refractivity contribution in [3.63, 3.8) is 0 Å². The first kappa shape index (κ1) is 13.7. The summed E-state index contributed by atoms with van der Waals surface area (Å²) >= 11 is 0. The molecule has 2 aliphatic rings. The average molecular weight is 276 g/mol. The third-order valence-electron chi connectivity index (χ3n) is 4.60. The third-order valence-corrected chi connectivity index (χ3v) is 4.60. The molecule has 0 fully saturated rings. The molecular weight excluding hydrogens is 252 g/mol. The lowest BCUT2D eigenvalue weighted by Crippen LogP contribution is -2.32. The number of likely N-dealkylation sites (N-methyl/N-ethyl adjacent to an activating group) is 2. The number of methoxy groups -OCH3 is 2. The van der Waals surface area contributed by atoms with Crippen molar-refractivity contribution in [3.8, 4) is 11.5 Å². The molecule has 0 atom stereocenters. The first-order valence-corrected chi connectivity index (χ1v) is 7.30. The minimum Gasteiger partial charge on any atom is -0.493 e. The molecule has 0 spiro atoms. The molecule has 0 amide bonds. The standard InChI is InChI=1S/C16H24N2O2/c1-17-7-5-11-12-6-8-18(2)10-14(12)16(20-4)15(19-3)13(11)9-17/h5-10H2,1-4H3. The Kier molecular flexibility index (Phi) is 3.61. The Balaban J connectivity index is 2.22. The lowest BCUT2D eigenvalue weighted by molar-refractivity contribution is 0.274. The van der Waals surface area contributed by atoms with Crippen molar-refractivity contribution in [3.05, 3.63) is 22.3 Å². The number of fused-ring (bicyclic) bond motifs is 3. The fraction of sp³-hybridized carbons (Fsp3) is 0.625. The number of ether oxygens (including phenoxy) is 2. The van der Waals surface area contributed by atoms with Gasteiger partial charge in [0.15, 0.2) is 11.5 Å². The average Bonchev–Trinajstić information content (AvgIpc) is 2.45. The Hall–Kier alpha value is -1.26. The van der Waals surface area contributed by atoms with E-state index in [2.05, 4.69) is 23.9 Å². The molecule has 0 saturated carbocycles. The molecule has 0 aromatic heterocycles. The number of benzene rings is 1. The highest BCUT2D eigenvalue weighted by molar-refractivity contribution is 5.61. The maximum absolute atomic E-state index is 5.71. The fourth-order valence-corrected chi connectivity index (χ4v) is 3.59. The van der Waals surface area contributed by atoms with Gasteiger partial charge in [-0.1, -0.05) is 0 Å². The third kappa shape index (κ3) is 2.07. The molecule has 110 valence electrons. The molecule has 3 rings (SSSR count). The van der Waals surface area contributed by atoms with E-state index in [9.17, 15) is 0 Å². The molecule has 4 heteroatoms. The smallest absolute Gasteiger partial charge is 0.165 e. The van der Waals surface area contributed by atoms with Gasteiger partial charge in [-0.25, -0.2) is 0 Å². The van der Waals surface area contributed by atoms with Crippen LogP contribution in [0.4, 0.5) is 0 Å². The van der Waals surface area contributed by atoms with E-state index < -0.39 is 0 Å². The molecule has 0 saturated heterocycles. The lowest BCUT2D eigenvalue weighted by atomic mass is 9.86. The number of hydrogen-bond acceptors (Lipinski definition) is 4. The SMILES string of the molecule is COc1c2c(c3c(c1OC)CN(C)CC3)CCN(C)C2. The summed E-state index contributed by atoms with van der Waals surface area (Å²) in [6.45, 7) is 4.17. The van der Waals surface area contributed by atoms with Crippen LogP contribution in [-0.4, -0.2) is 51.2 Å². The van der Waals surface area contributed by atoms with Gasteiger partial charge < -0.3 is 19.3 Å². The zero-order chi connectivity index (χ0) is 14.3. The topological polar surface area (TPSA) is 24.9 Å². The van der Waals surface area contributed by atoms with Crippen LogP contribution in [0.3, 0.4) is 0 Å². The van der Waals surface area contributed by atoms with E-state index in [1.165, 1.54) is 22.3 Å². The van der Waals surface area contributed by atoms with E-state index in [4.69, 9.17) is 9.47 Å². The molecule has 0 radical (unpaired) electrons. The van der Waals surface area contributed by atoms with Crippen molar-refractivity contribution in [1.29, 1.82) is 0 Å². The van der Waals surface area contributed by atoms with Crippen LogP contribution in [0, 0.1) is 0 Å². The molecule has 2 heterocycles. The zero-order valence-corrected chi connectivity index (χ0v) is 13.0. The predicted molar refractivity (Wildman–Crippen MR) is 79.6 cm³/mol. The summed E-state index contributed by atoms with van der Waals surface area (Å²) in [5.41, 5.74) is 5.70. The maximum atomic E-state index is 5.71. The van der Waals surface area contributed by atoms with Crippen LogP contribution in [0.5, 0.6) is 11.5 Å². The molecule has 0 bridgehead atoms. The number of hydrogen-bond donors (Lipinski definition) is 0. The highest BCUT2D eigenvalue weighted by atomic mass is 16.5. The first-order chi connectivity index (χ1) is 9.65. The van der Waals surface area contributed by atoms with Gasteiger partial charge in [-0.3, -0.25) is 0 Å². The van der Waals surface area contributed by atoms with Crippen molar-refractivity contribution in [2.24, 2.45) is 0 Å². The number of nitrogens with zero attached hydrogens (tertiary/aromatic N) is 2. The van der Waals surface area contributed by atoms with E-state index in [-0.39, 0.29) is 0 Å². The minimum absolute atomic E-state index is 0.947. The second-order valence-corrected chi connectivity index (χ2v) is 5.96. The van der Waals surface area contributed by atoms with Gasteiger partial charge in [0, 0.05) is 37.3 Å². The minimum atomic E-state index is 0.947. The van der Waals surface area contributed by atoms with Gasteiger partial charge in [0.2, 0.25) is 0 Å². The van der Waals surface area contributed by atoms with Crippen LogP contribution in [0.25, 0.3) is 0 Å². The van der Waals surface area contributed by atoms with Crippen molar-refractivity contribution in [2.75, 3.05) is 41.4 Å². The highest BCUT2D eigenvalue weighted by Gasteiger charge is 2.30. The van der Waals surface area contributed by atoms with Gasteiger partial charge in [-0.2, -0.15) is 0 Å². The normalized spacial score (nSPS) is 19.4. The summed E-state index contributed by atoms with van der Waals surface area (Å²) in [4.78, 5) is 4.71. The van der Waals surface area contributed by atoms with Crippen LogP contribution in [0.2, 0.25) is 0 Å². The molecule has 1 aromatic carbocycles. The van der Waals surface area contributed by atoms with Gasteiger partial charge in [0.25, 0.3) is 0 Å². The van der Waals surface area contributed by atoms with E-state index in [0.29, 0.717) is 0 Å². The monoisotopic (exact) mass is 276 g/mol. The van der Waals surface area contributed by atoms with Crippen LogP contribution in [-0.2, 0) is 25.9 Å². The van der Waals surface area contributed by atoms with E-state index in [1.54, 1.807) is 14.2 Å². The largest absolute Gasteiger partial charge is 0.493 e. The van der Waals surface area contributed by atoms with Crippen molar-refractivity contribution in [2.45, 2.75) is 25.9 Å². The number of rotatable bonds is 2. The van der Waals surface area contributed by atoms with Crippen LogP contribution < -0.4 is 9.47 Å². The Morgan fingerprint density at radius 1 is 0.700 bits per heavy atom. The maximum Gasteiger partial charge on any atom is 0.165 e. The lowest BCUT2D eigenvalue weighted by Gasteiger charge is -2.35. The van der Waals surface area contributed by atoms with Gasteiger partial charge in [0.1, 0.15) is 0 Å². The molecule has 1 aromatic rings. The van der Waals surface area contributed by atoms with Crippen molar-refractivity contribution in [1.82, 2.24) is 9.80 Å². The summed E-state index contributed by atoms with van der Waals surface area (Å²) < 4.78 is 11.4. The Morgan fingerprint density at radius 2 is 1.10 bits per heavy atom. The van der Waals surface area contributed by atoms with Gasteiger partial charge in [-0.15, -0.1) is 0 Å². The highest BCUT2D eigenvalue weighted by Crippen LogP contribution is 2.44. The molecule has 0 unspecified atom stereocenters. The second kappa shape index (κ2) is 5.26. The zero-order valence-electron chi connectivity index (χ0n) is 13.0. The Bertz CT molecular complexity index is 464. The quantitative estimate of drug-likeness (QED) is 0.820. The van der Waals surface area contributed by atoms with Crippen LogP contribution in [0.1, 0.15) is 22.3 Å². The van der Waals surface area contributed by atoms with Crippen molar-refractivity contribution < 1.29 is 9.47 Å². The van der Waals surface area contributed by atoms with Gasteiger partial charge >= 0.3 is 0 Å². The molecular formula is C16H24N2O2. The summed E-state index contributed by atoms with van der Waals surface area (Å²) in [5, 5.41) is 0. The first-order valence-electron chi connectivity index (χ1n) is 7.30. The molecule has 4 nitrogen and oxygen atoms in total.